The van der Waals surface area contributed by atoms with Crippen LogP contribution in [0.1, 0.15) is 0 Å². The van der Waals surface area contributed by atoms with Crippen LogP contribution in [-0.4, -0.2) is 11.0 Å². The molecule has 0 unspecified atom stereocenters. The SMILES string of the molecule is O=C(Nc1ccccc1Br)Nc1cccnc1S. The van der Waals surface area contributed by atoms with Crippen molar-refractivity contribution in [2.45, 2.75) is 5.03 Å². The van der Waals surface area contributed by atoms with Crippen LogP contribution in [0.2, 0.25) is 0 Å². The van der Waals surface area contributed by atoms with Gasteiger partial charge in [-0.25, -0.2) is 9.78 Å². The second-order valence-corrected chi connectivity index (χ2v) is 4.71. The van der Waals surface area contributed by atoms with E-state index < -0.39 is 0 Å². The fraction of sp³-hybridized carbons (Fsp3) is 0. The highest BCUT2D eigenvalue weighted by atomic mass is 79.9. The van der Waals surface area contributed by atoms with Crippen molar-refractivity contribution in [1.82, 2.24) is 4.98 Å². The summed E-state index contributed by atoms with van der Waals surface area (Å²) in [6.45, 7) is 0. The molecule has 18 heavy (non-hydrogen) atoms. The number of nitrogens with one attached hydrogen (secondary N) is 2. The Hall–Kier alpha value is -1.53. The molecule has 4 nitrogen and oxygen atoms in total. The van der Waals surface area contributed by atoms with Gasteiger partial charge in [-0.1, -0.05) is 12.1 Å². The summed E-state index contributed by atoms with van der Waals surface area (Å²) in [6.07, 6.45) is 1.61. The topological polar surface area (TPSA) is 54.0 Å². The Kier molecular flexibility index (Phi) is 4.22. The average Bonchev–Trinajstić information content (AvgIpc) is 2.35. The number of benzene rings is 1. The standard InChI is InChI=1S/C12H10BrN3OS/c13-8-4-1-2-5-9(8)15-12(17)16-10-6-3-7-14-11(10)18/h1-7H,(H,14,18)(H2,15,16,17). The Morgan fingerprint density at radius 2 is 1.78 bits per heavy atom. The van der Waals surface area contributed by atoms with Crippen LogP contribution >= 0.6 is 28.6 Å². The van der Waals surface area contributed by atoms with Crippen molar-refractivity contribution in [2.75, 3.05) is 10.6 Å². The maximum atomic E-state index is 11.8. The number of carbonyl (C=O) groups is 1. The van der Waals surface area contributed by atoms with Gasteiger partial charge in [-0.15, -0.1) is 12.6 Å². The van der Waals surface area contributed by atoms with Gasteiger partial charge in [-0.2, -0.15) is 0 Å². The molecule has 2 aromatic rings. The molecule has 0 bridgehead atoms. The summed E-state index contributed by atoms with van der Waals surface area (Å²) in [7, 11) is 0. The molecule has 2 rings (SSSR count). The van der Waals surface area contributed by atoms with Crippen molar-refractivity contribution in [2.24, 2.45) is 0 Å². The van der Waals surface area contributed by atoms with E-state index >= 15 is 0 Å². The highest BCUT2D eigenvalue weighted by Gasteiger charge is 2.06. The first-order chi connectivity index (χ1) is 8.66. The van der Waals surface area contributed by atoms with E-state index in [4.69, 9.17) is 0 Å². The summed E-state index contributed by atoms with van der Waals surface area (Å²) in [6, 6.07) is 10.5. The van der Waals surface area contributed by atoms with Crippen molar-refractivity contribution in [3.05, 3.63) is 47.1 Å². The zero-order valence-electron chi connectivity index (χ0n) is 9.22. The Balaban J connectivity index is 2.06. The largest absolute Gasteiger partial charge is 0.323 e. The van der Waals surface area contributed by atoms with Crippen LogP contribution in [-0.2, 0) is 0 Å². The normalized spacial score (nSPS) is 9.89. The molecule has 0 atom stereocenters. The van der Waals surface area contributed by atoms with Crippen LogP contribution in [0.5, 0.6) is 0 Å². The number of halogens is 1. The zero-order valence-corrected chi connectivity index (χ0v) is 11.7. The van der Waals surface area contributed by atoms with Crippen LogP contribution in [0.4, 0.5) is 16.2 Å². The van der Waals surface area contributed by atoms with Gasteiger partial charge in [0.1, 0.15) is 5.03 Å². The monoisotopic (exact) mass is 323 g/mol. The molecule has 2 N–H and O–H groups in total. The first-order valence-corrected chi connectivity index (χ1v) is 6.37. The lowest BCUT2D eigenvalue weighted by atomic mass is 10.3. The highest BCUT2D eigenvalue weighted by Crippen LogP contribution is 2.22. The third-order valence-corrected chi connectivity index (χ3v) is 3.20. The van der Waals surface area contributed by atoms with Crippen LogP contribution in [0.25, 0.3) is 0 Å². The minimum absolute atomic E-state index is 0.342. The minimum atomic E-state index is -0.342. The van der Waals surface area contributed by atoms with Gasteiger partial charge < -0.3 is 10.6 Å². The third-order valence-electron chi connectivity index (χ3n) is 2.16. The predicted octanol–water partition coefficient (Wildman–Crippen LogP) is 3.78. The van der Waals surface area contributed by atoms with Gasteiger partial charge in [0.05, 0.1) is 11.4 Å². The summed E-state index contributed by atoms with van der Waals surface area (Å²) in [5.41, 5.74) is 1.25. The van der Waals surface area contributed by atoms with Gasteiger partial charge >= 0.3 is 6.03 Å². The fourth-order valence-electron chi connectivity index (χ4n) is 1.33. The van der Waals surface area contributed by atoms with Crippen LogP contribution in [0.15, 0.2) is 52.1 Å². The number of hydrogen-bond acceptors (Lipinski definition) is 3. The van der Waals surface area contributed by atoms with E-state index in [1.165, 1.54) is 0 Å². The van der Waals surface area contributed by atoms with E-state index in [-0.39, 0.29) is 6.03 Å². The van der Waals surface area contributed by atoms with E-state index in [0.717, 1.165) is 4.47 Å². The van der Waals surface area contributed by atoms with Crippen molar-refractivity contribution < 1.29 is 4.79 Å². The van der Waals surface area contributed by atoms with Crippen molar-refractivity contribution in [3.63, 3.8) is 0 Å². The summed E-state index contributed by atoms with van der Waals surface area (Å²) in [4.78, 5) is 15.8. The molecule has 0 saturated carbocycles. The molecule has 0 spiro atoms. The quantitative estimate of drug-likeness (QED) is 0.737. The zero-order chi connectivity index (χ0) is 13.0. The van der Waals surface area contributed by atoms with Crippen LogP contribution in [0.3, 0.4) is 0 Å². The van der Waals surface area contributed by atoms with Gasteiger partial charge in [0.2, 0.25) is 0 Å². The van der Waals surface area contributed by atoms with Crippen molar-refractivity contribution >= 4 is 46.0 Å². The molecule has 6 heteroatoms. The number of pyridine rings is 1. The molecule has 0 aliphatic rings. The van der Waals surface area contributed by atoms with E-state index in [1.807, 2.05) is 18.2 Å². The lowest BCUT2D eigenvalue weighted by Crippen LogP contribution is -2.20. The smallest absolute Gasteiger partial charge is 0.307 e. The molecule has 1 aromatic carbocycles. The average molecular weight is 324 g/mol. The maximum Gasteiger partial charge on any atom is 0.323 e. The lowest BCUT2D eigenvalue weighted by molar-refractivity contribution is 0.262. The number of thiol groups is 1. The van der Waals surface area contributed by atoms with E-state index in [1.54, 1.807) is 24.4 Å². The number of nitrogens with zero attached hydrogens (tertiary/aromatic N) is 1. The minimum Gasteiger partial charge on any atom is -0.307 e. The number of amides is 2. The predicted molar refractivity (Wildman–Crippen MR) is 78.3 cm³/mol. The van der Waals surface area contributed by atoms with E-state index in [0.29, 0.717) is 16.4 Å². The molecule has 0 saturated heterocycles. The van der Waals surface area contributed by atoms with Crippen LogP contribution in [0, 0.1) is 0 Å². The molecule has 92 valence electrons. The van der Waals surface area contributed by atoms with Gasteiger partial charge in [-0.05, 0) is 40.2 Å². The molecule has 0 aliphatic carbocycles. The first-order valence-electron chi connectivity index (χ1n) is 5.13. The van der Waals surface area contributed by atoms with Crippen LogP contribution < -0.4 is 10.6 Å². The molecule has 2 amide bonds. The second-order valence-electron chi connectivity index (χ2n) is 3.43. The Morgan fingerprint density at radius 3 is 2.50 bits per heavy atom. The summed E-state index contributed by atoms with van der Waals surface area (Å²) in [5, 5.41) is 5.88. The molecular formula is C12H10BrN3OS. The molecule has 1 aromatic heterocycles. The van der Waals surface area contributed by atoms with E-state index in [2.05, 4.69) is 44.2 Å². The number of aromatic nitrogens is 1. The van der Waals surface area contributed by atoms with Gasteiger partial charge in [0.15, 0.2) is 0 Å². The summed E-state index contributed by atoms with van der Waals surface area (Å²) in [5.74, 6) is 0. The fourth-order valence-corrected chi connectivity index (χ4v) is 1.91. The van der Waals surface area contributed by atoms with E-state index in [9.17, 15) is 4.79 Å². The number of anilines is 2. The number of para-hydroxylation sites is 1. The van der Waals surface area contributed by atoms with Gasteiger partial charge in [0, 0.05) is 10.7 Å². The Bertz CT molecular complexity index is 527. The van der Waals surface area contributed by atoms with Gasteiger partial charge in [-0.3, -0.25) is 0 Å². The first kappa shape index (κ1) is 12.9. The number of rotatable bonds is 2. The third kappa shape index (κ3) is 3.24. The number of hydrogen-bond donors (Lipinski definition) is 3. The lowest BCUT2D eigenvalue weighted by Gasteiger charge is -2.09. The molecule has 0 radical (unpaired) electrons. The molecule has 0 fully saturated rings. The molecular weight excluding hydrogens is 314 g/mol. The number of carbonyl (C=O) groups excluding carboxylic acids is 1. The highest BCUT2D eigenvalue weighted by molar-refractivity contribution is 9.10. The Morgan fingerprint density at radius 1 is 1.11 bits per heavy atom. The van der Waals surface area contributed by atoms with Gasteiger partial charge in [0.25, 0.3) is 0 Å². The Labute approximate surface area is 118 Å². The second kappa shape index (κ2) is 5.88. The molecule has 0 aliphatic heterocycles. The number of urea groups is 1. The summed E-state index contributed by atoms with van der Waals surface area (Å²) < 4.78 is 0.817. The molecule has 1 heterocycles. The maximum absolute atomic E-state index is 11.8. The van der Waals surface area contributed by atoms with Crippen molar-refractivity contribution in [1.29, 1.82) is 0 Å². The van der Waals surface area contributed by atoms with Crippen molar-refractivity contribution in [3.8, 4) is 0 Å². The summed E-state index contributed by atoms with van der Waals surface area (Å²) >= 11 is 7.51.